The van der Waals surface area contributed by atoms with E-state index in [-0.39, 0.29) is 35.4 Å². The van der Waals surface area contributed by atoms with E-state index >= 15 is 4.39 Å². The van der Waals surface area contributed by atoms with Gasteiger partial charge < -0.3 is 10.0 Å². The number of fused-ring (bicyclic) bond motifs is 2. The van der Waals surface area contributed by atoms with Crippen molar-refractivity contribution in [1.29, 1.82) is 0 Å². The summed E-state index contributed by atoms with van der Waals surface area (Å²) in [7, 11) is 0. The summed E-state index contributed by atoms with van der Waals surface area (Å²) in [5, 5.41) is 13.7. The van der Waals surface area contributed by atoms with Crippen LogP contribution in [0.5, 0.6) is 0 Å². The number of alkyl halides is 1. The van der Waals surface area contributed by atoms with Crippen LogP contribution in [0.25, 0.3) is 16.9 Å². The number of carbonyl (C=O) groups excluding carboxylic acids is 1. The van der Waals surface area contributed by atoms with Gasteiger partial charge in [0.05, 0.1) is 17.7 Å². The maximum Gasteiger partial charge on any atom is 0.310 e. The molecule has 0 radical (unpaired) electrons. The lowest BCUT2D eigenvalue weighted by atomic mass is 9.93. The number of hydrogen-bond acceptors (Lipinski definition) is 4. The second kappa shape index (κ2) is 8.43. The Kier molecular flexibility index (Phi) is 5.17. The van der Waals surface area contributed by atoms with Crippen LogP contribution in [0.4, 0.5) is 8.78 Å². The van der Waals surface area contributed by atoms with Crippen molar-refractivity contribution in [3.63, 3.8) is 0 Å². The number of aliphatic carboxylic acids is 1. The molecule has 3 aliphatic rings. The summed E-state index contributed by atoms with van der Waals surface area (Å²) < 4.78 is 31.8. The van der Waals surface area contributed by atoms with Crippen molar-refractivity contribution >= 4 is 17.5 Å². The average molecular weight is 529 g/mol. The minimum absolute atomic E-state index is 0.0156. The Bertz CT molecular complexity index is 1680. The third-order valence-corrected chi connectivity index (χ3v) is 8.44. The molecule has 1 unspecified atom stereocenters. The molecule has 3 atom stereocenters. The molecule has 4 aromatic rings. The van der Waals surface area contributed by atoms with Crippen molar-refractivity contribution in [2.75, 3.05) is 6.54 Å². The Morgan fingerprint density at radius 3 is 2.62 bits per heavy atom. The Morgan fingerprint density at radius 1 is 1.10 bits per heavy atom. The van der Waals surface area contributed by atoms with Crippen molar-refractivity contribution in [3.8, 4) is 11.3 Å². The van der Waals surface area contributed by atoms with Crippen molar-refractivity contribution < 1.29 is 23.5 Å². The summed E-state index contributed by atoms with van der Waals surface area (Å²) in [4.78, 5) is 31.4. The Labute approximate surface area is 223 Å². The fourth-order valence-corrected chi connectivity index (χ4v) is 5.93. The Balaban J connectivity index is 1.24. The zero-order valence-electron chi connectivity index (χ0n) is 21.3. The molecule has 2 aromatic carbocycles. The van der Waals surface area contributed by atoms with Crippen molar-refractivity contribution in [3.05, 3.63) is 88.5 Å². The van der Waals surface area contributed by atoms with Crippen molar-refractivity contribution in [1.82, 2.24) is 19.5 Å². The molecule has 1 aliphatic heterocycles. The molecule has 2 saturated carbocycles. The smallest absolute Gasteiger partial charge is 0.310 e. The molecule has 1 N–H and O–H groups in total. The van der Waals surface area contributed by atoms with Crippen molar-refractivity contribution in [2.45, 2.75) is 50.2 Å². The third-order valence-electron chi connectivity index (χ3n) is 8.44. The average Bonchev–Trinajstić information content (AvgIpc) is 3.84. The first-order valence-corrected chi connectivity index (χ1v) is 13.3. The van der Waals surface area contributed by atoms with Crippen LogP contribution < -0.4 is 0 Å². The first kappa shape index (κ1) is 23.9. The molecule has 2 aromatic heterocycles. The van der Waals surface area contributed by atoms with Crippen LogP contribution in [0, 0.1) is 11.7 Å². The van der Waals surface area contributed by atoms with E-state index in [2.05, 4.69) is 22.2 Å². The second-order valence-corrected chi connectivity index (χ2v) is 10.9. The molecule has 7 nitrogen and oxygen atoms in total. The molecule has 9 heteroatoms. The zero-order valence-corrected chi connectivity index (χ0v) is 21.3. The van der Waals surface area contributed by atoms with Crippen LogP contribution in [0.1, 0.15) is 71.0 Å². The largest absolute Gasteiger partial charge is 0.481 e. The van der Waals surface area contributed by atoms with E-state index in [1.54, 1.807) is 10.6 Å². The van der Waals surface area contributed by atoms with Crippen LogP contribution >= 0.6 is 0 Å². The van der Waals surface area contributed by atoms with E-state index in [4.69, 9.17) is 5.11 Å². The number of nitrogens with zero attached hydrogens (tertiary/aromatic N) is 4. The van der Waals surface area contributed by atoms with Crippen LogP contribution in [-0.4, -0.2) is 43.0 Å². The lowest BCUT2D eigenvalue weighted by molar-refractivity contribution is -0.139. The van der Waals surface area contributed by atoms with Gasteiger partial charge in [0, 0.05) is 36.2 Å². The van der Waals surface area contributed by atoms with Gasteiger partial charge in [0.1, 0.15) is 17.2 Å². The molecule has 0 saturated heterocycles. The maximum absolute atomic E-state index is 15.2. The first-order chi connectivity index (χ1) is 18.7. The predicted molar refractivity (Wildman–Crippen MR) is 138 cm³/mol. The van der Waals surface area contributed by atoms with Gasteiger partial charge in [0.2, 0.25) is 0 Å². The maximum atomic E-state index is 15.2. The molecule has 0 bridgehead atoms. The normalized spacial score (nSPS) is 24.0. The van der Waals surface area contributed by atoms with Gasteiger partial charge in [-0.3, -0.25) is 9.59 Å². The standard InChI is InChI=1S/C30H26F2N4O3/c1-16-20-5-3-2-4-17(20)10-11-35(16)28(37)25-13-26(18-6-7-18)36-27(33-25)14-24(34-36)21-9-8-19(12-23(21)31)30(32)15-22(30)29(38)39/h2-5,8-9,12-14,16,18,22H,6-7,10-11,15H2,1H3,(H,38,39)/t16-,22?,30+/m1/s1. The second-order valence-electron chi connectivity index (χ2n) is 10.9. The molecule has 1 amide bonds. The van der Waals surface area contributed by atoms with Gasteiger partial charge in [0.25, 0.3) is 5.91 Å². The molecule has 39 heavy (non-hydrogen) atoms. The highest BCUT2D eigenvalue weighted by Gasteiger charge is 2.61. The van der Waals surface area contributed by atoms with Gasteiger partial charge in [-0.1, -0.05) is 30.3 Å². The Hall–Kier alpha value is -4.14. The van der Waals surface area contributed by atoms with E-state index in [0.717, 1.165) is 36.6 Å². The number of hydrogen-bond donors (Lipinski definition) is 1. The number of rotatable bonds is 5. The van der Waals surface area contributed by atoms with Gasteiger partial charge >= 0.3 is 5.97 Å². The van der Waals surface area contributed by atoms with Crippen LogP contribution in [0.2, 0.25) is 0 Å². The molecule has 2 aliphatic carbocycles. The summed E-state index contributed by atoms with van der Waals surface area (Å²) in [5.74, 6) is -2.97. The van der Waals surface area contributed by atoms with Gasteiger partial charge in [-0.15, -0.1) is 0 Å². The van der Waals surface area contributed by atoms with Crippen LogP contribution in [-0.2, 0) is 16.9 Å². The van der Waals surface area contributed by atoms with Crippen LogP contribution in [0.3, 0.4) is 0 Å². The molecule has 7 rings (SSSR count). The number of halogens is 2. The molecule has 198 valence electrons. The lowest BCUT2D eigenvalue weighted by Crippen LogP contribution is -2.39. The monoisotopic (exact) mass is 528 g/mol. The zero-order chi connectivity index (χ0) is 27.1. The molecular formula is C30H26F2N4O3. The van der Waals surface area contributed by atoms with E-state index in [0.29, 0.717) is 23.6 Å². The summed E-state index contributed by atoms with van der Waals surface area (Å²) in [6.07, 6.45) is 2.56. The van der Waals surface area contributed by atoms with E-state index in [1.165, 1.54) is 17.7 Å². The first-order valence-electron chi connectivity index (χ1n) is 13.3. The van der Waals surface area contributed by atoms with E-state index in [1.807, 2.05) is 30.0 Å². The predicted octanol–water partition coefficient (Wildman–Crippen LogP) is 5.44. The third kappa shape index (κ3) is 3.82. The fourth-order valence-electron chi connectivity index (χ4n) is 5.93. The Morgan fingerprint density at radius 2 is 1.90 bits per heavy atom. The molecule has 0 spiro atoms. The topological polar surface area (TPSA) is 87.8 Å². The van der Waals surface area contributed by atoms with Crippen molar-refractivity contribution in [2.24, 2.45) is 5.92 Å². The number of carbonyl (C=O) groups is 2. The minimum atomic E-state index is -2.05. The lowest BCUT2D eigenvalue weighted by Gasteiger charge is -2.35. The highest BCUT2D eigenvalue weighted by atomic mass is 19.1. The molecule has 2 fully saturated rings. The van der Waals surface area contributed by atoms with E-state index < -0.39 is 23.4 Å². The molecular weight excluding hydrogens is 502 g/mol. The quantitative estimate of drug-likeness (QED) is 0.373. The highest BCUT2D eigenvalue weighted by Crippen LogP contribution is 2.56. The number of benzene rings is 2. The number of aromatic nitrogens is 3. The number of amides is 1. The SMILES string of the molecule is C[C@@H]1c2ccccc2CCN1C(=O)c1cc(C2CC2)n2nc(-c3ccc([C@@]4(F)CC4C(=O)O)cc3F)cc2n1. The number of carboxylic acids is 1. The van der Waals surface area contributed by atoms with E-state index in [9.17, 15) is 14.0 Å². The fraction of sp³-hybridized carbons (Fsp3) is 0.333. The van der Waals surface area contributed by atoms with Crippen LogP contribution in [0.15, 0.2) is 54.6 Å². The summed E-state index contributed by atoms with van der Waals surface area (Å²) in [6, 6.07) is 15.4. The molecule has 3 heterocycles. The van der Waals surface area contributed by atoms with Gasteiger partial charge in [-0.25, -0.2) is 18.3 Å². The minimum Gasteiger partial charge on any atom is -0.481 e. The van der Waals surface area contributed by atoms with Gasteiger partial charge in [0.15, 0.2) is 5.65 Å². The van der Waals surface area contributed by atoms with Gasteiger partial charge in [-0.2, -0.15) is 5.10 Å². The summed E-state index contributed by atoms with van der Waals surface area (Å²) >= 11 is 0. The summed E-state index contributed by atoms with van der Waals surface area (Å²) in [6.45, 7) is 2.63. The summed E-state index contributed by atoms with van der Waals surface area (Å²) in [5.41, 5.74) is 2.49. The highest BCUT2D eigenvalue weighted by molar-refractivity contribution is 5.93. The van der Waals surface area contributed by atoms with Gasteiger partial charge in [-0.05, 0) is 61.1 Å². The number of carboxylic acid groups (broad SMARTS) is 1.